The van der Waals surface area contributed by atoms with Crippen molar-refractivity contribution in [2.45, 2.75) is 71.6 Å². The molecule has 2 aromatic carbocycles. The molecule has 0 saturated heterocycles. The number of nitrogens with one attached hydrogen (secondary N) is 4. The second-order valence-electron chi connectivity index (χ2n) is 10.5. The van der Waals surface area contributed by atoms with E-state index in [1.54, 1.807) is 12.1 Å². The minimum absolute atomic E-state index is 0.00710. The van der Waals surface area contributed by atoms with Crippen molar-refractivity contribution in [3.63, 3.8) is 0 Å². The number of nitrogen functional groups attached to an aromatic ring is 1. The van der Waals surface area contributed by atoms with Crippen molar-refractivity contribution in [3.8, 4) is 5.88 Å². The predicted octanol–water partition coefficient (Wildman–Crippen LogP) is 3.93. The predicted molar refractivity (Wildman–Crippen MR) is 167 cm³/mol. The number of fused-ring (bicyclic) bond motifs is 1. The minimum Gasteiger partial charge on any atom is -0.471 e. The highest BCUT2D eigenvalue weighted by Crippen LogP contribution is 2.21. The maximum atomic E-state index is 12.7. The van der Waals surface area contributed by atoms with Crippen LogP contribution >= 0.6 is 0 Å². The molecule has 12 nitrogen and oxygen atoms in total. The highest BCUT2D eigenvalue weighted by Gasteiger charge is 2.11. The van der Waals surface area contributed by atoms with Crippen LogP contribution in [0, 0.1) is 0 Å². The number of anilines is 1. The number of aromatic nitrogens is 4. The molecule has 3 amide bonds. The van der Waals surface area contributed by atoms with Gasteiger partial charge in [0.2, 0.25) is 23.6 Å². The molecule has 0 aliphatic rings. The van der Waals surface area contributed by atoms with Crippen molar-refractivity contribution >= 4 is 34.8 Å². The number of carbonyl (C=O) groups excluding carboxylic acids is 3. The molecule has 0 atom stereocenters. The third-order valence-electron chi connectivity index (χ3n) is 6.98. The van der Waals surface area contributed by atoms with Gasteiger partial charge in [-0.2, -0.15) is 9.97 Å². The molecule has 0 unspecified atom stereocenters. The SMILES string of the molecule is CCCCCCNC(=O)CCCC(=O)NCc1ccc(C(=O)NCc2ccc(COc3nc(N)nc4[nH]cnc34)cc2)cc1. The second kappa shape index (κ2) is 16.6. The number of benzene rings is 2. The molecule has 0 radical (unpaired) electrons. The maximum absolute atomic E-state index is 12.7. The second-order valence-corrected chi connectivity index (χ2v) is 10.5. The fraction of sp³-hybridized carbons (Fsp3) is 0.375. The third-order valence-corrected chi connectivity index (χ3v) is 6.98. The highest BCUT2D eigenvalue weighted by atomic mass is 16.5. The van der Waals surface area contributed by atoms with Gasteiger partial charge in [0.1, 0.15) is 6.61 Å². The van der Waals surface area contributed by atoms with Crippen LogP contribution < -0.4 is 26.4 Å². The van der Waals surface area contributed by atoms with Crippen molar-refractivity contribution < 1.29 is 19.1 Å². The van der Waals surface area contributed by atoms with Crippen LogP contribution in [0.1, 0.15) is 78.9 Å². The Bertz CT molecular complexity index is 1520. The molecule has 0 spiro atoms. The van der Waals surface area contributed by atoms with Crippen LogP contribution in [0.25, 0.3) is 11.2 Å². The van der Waals surface area contributed by atoms with E-state index in [1.807, 2.05) is 36.4 Å². The first-order chi connectivity index (χ1) is 21.4. The van der Waals surface area contributed by atoms with Gasteiger partial charge in [-0.25, -0.2) is 4.98 Å². The number of unbranched alkanes of at least 4 members (excludes halogenated alkanes) is 3. The zero-order chi connectivity index (χ0) is 31.1. The van der Waals surface area contributed by atoms with Gasteiger partial charge in [0, 0.05) is 38.0 Å². The lowest BCUT2D eigenvalue weighted by Crippen LogP contribution is -2.26. The molecule has 0 aliphatic heterocycles. The van der Waals surface area contributed by atoms with Crippen LogP contribution in [0.15, 0.2) is 54.9 Å². The van der Waals surface area contributed by atoms with Crippen molar-refractivity contribution in [2.24, 2.45) is 0 Å². The zero-order valence-electron chi connectivity index (χ0n) is 25.0. The number of nitrogens with zero attached hydrogens (tertiary/aromatic N) is 3. The summed E-state index contributed by atoms with van der Waals surface area (Å²) in [7, 11) is 0. The molecule has 4 aromatic rings. The number of rotatable bonds is 17. The number of aromatic amines is 1. The number of hydrogen-bond acceptors (Lipinski definition) is 8. The molecule has 4 rings (SSSR count). The molecule has 0 saturated carbocycles. The quantitative estimate of drug-likeness (QED) is 0.113. The summed E-state index contributed by atoms with van der Waals surface area (Å²) in [6.07, 6.45) is 7.12. The number of carbonyl (C=O) groups is 3. The summed E-state index contributed by atoms with van der Waals surface area (Å²) in [6, 6.07) is 14.8. The van der Waals surface area contributed by atoms with Crippen molar-refractivity contribution in [1.82, 2.24) is 35.9 Å². The van der Waals surface area contributed by atoms with Gasteiger partial charge in [-0.3, -0.25) is 14.4 Å². The first-order valence-corrected chi connectivity index (χ1v) is 15.0. The van der Waals surface area contributed by atoms with Gasteiger partial charge < -0.3 is 31.4 Å². The van der Waals surface area contributed by atoms with E-state index < -0.39 is 0 Å². The average molecular weight is 601 g/mol. The van der Waals surface area contributed by atoms with Crippen LogP contribution in [0.2, 0.25) is 0 Å². The smallest absolute Gasteiger partial charge is 0.251 e. The molecule has 0 aliphatic carbocycles. The van der Waals surface area contributed by atoms with E-state index in [0.29, 0.717) is 61.5 Å². The molecule has 6 N–H and O–H groups in total. The standard InChI is InChI=1S/C32H40N8O4/c1-2-3-4-5-17-34-26(41)7-6-8-27(42)35-18-23-13-15-25(16-14-23)30(43)36-19-22-9-11-24(12-10-22)20-44-31-28-29(38-21-37-28)39-32(33)40-31/h9-16,21H,2-8,17-20H2,1H3,(H,34,41)(H,35,42)(H,36,43)(H3,33,37,38,39,40). The van der Waals surface area contributed by atoms with Gasteiger partial charge in [-0.05, 0) is 41.7 Å². The Labute approximate surface area is 256 Å². The van der Waals surface area contributed by atoms with Gasteiger partial charge in [-0.1, -0.05) is 62.6 Å². The number of ether oxygens (including phenoxy) is 1. The Morgan fingerprint density at radius 1 is 0.795 bits per heavy atom. The Balaban J connectivity index is 1.12. The first-order valence-electron chi connectivity index (χ1n) is 15.0. The van der Waals surface area contributed by atoms with Crippen LogP contribution in [0.3, 0.4) is 0 Å². The summed E-state index contributed by atoms with van der Waals surface area (Å²) >= 11 is 0. The summed E-state index contributed by atoms with van der Waals surface area (Å²) in [6.45, 7) is 3.85. The molecule has 12 heteroatoms. The van der Waals surface area contributed by atoms with E-state index in [4.69, 9.17) is 10.5 Å². The molecule has 232 valence electrons. The summed E-state index contributed by atoms with van der Waals surface area (Å²) in [4.78, 5) is 52.0. The van der Waals surface area contributed by atoms with Crippen LogP contribution in [-0.2, 0) is 29.3 Å². The number of hydrogen-bond donors (Lipinski definition) is 5. The summed E-state index contributed by atoms with van der Waals surface area (Å²) in [5.74, 6) is 0.104. The fourth-order valence-corrected chi connectivity index (χ4v) is 4.46. The summed E-state index contributed by atoms with van der Waals surface area (Å²) < 4.78 is 5.81. The highest BCUT2D eigenvalue weighted by molar-refractivity contribution is 5.94. The summed E-state index contributed by atoms with van der Waals surface area (Å²) in [5, 5.41) is 8.70. The Morgan fingerprint density at radius 2 is 1.45 bits per heavy atom. The van der Waals surface area contributed by atoms with Gasteiger partial charge in [0.15, 0.2) is 11.2 Å². The third kappa shape index (κ3) is 10.1. The molecule has 2 aromatic heterocycles. The lowest BCUT2D eigenvalue weighted by Gasteiger charge is -2.09. The molecule has 2 heterocycles. The first kappa shape index (κ1) is 31.9. The van der Waals surface area contributed by atoms with Gasteiger partial charge >= 0.3 is 0 Å². The maximum Gasteiger partial charge on any atom is 0.251 e. The van der Waals surface area contributed by atoms with E-state index in [2.05, 4.69) is 42.8 Å². The Morgan fingerprint density at radius 3 is 2.18 bits per heavy atom. The minimum atomic E-state index is -0.194. The largest absolute Gasteiger partial charge is 0.471 e. The summed E-state index contributed by atoms with van der Waals surface area (Å²) in [5.41, 5.74) is 10.0. The molecule has 0 bridgehead atoms. The van der Waals surface area contributed by atoms with E-state index >= 15 is 0 Å². The van der Waals surface area contributed by atoms with Crippen molar-refractivity contribution in [1.29, 1.82) is 0 Å². The molecule has 44 heavy (non-hydrogen) atoms. The van der Waals surface area contributed by atoms with Crippen LogP contribution in [-0.4, -0.2) is 44.2 Å². The van der Waals surface area contributed by atoms with E-state index in [9.17, 15) is 14.4 Å². The van der Waals surface area contributed by atoms with E-state index in [0.717, 1.165) is 36.0 Å². The van der Waals surface area contributed by atoms with Crippen LogP contribution in [0.4, 0.5) is 5.95 Å². The zero-order valence-corrected chi connectivity index (χ0v) is 25.0. The Hall–Kier alpha value is -5.00. The topological polar surface area (TPSA) is 177 Å². The van der Waals surface area contributed by atoms with E-state index in [-0.39, 0.29) is 30.3 Å². The van der Waals surface area contributed by atoms with E-state index in [1.165, 1.54) is 12.7 Å². The van der Waals surface area contributed by atoms with Crippen LogP contribution in [0.5, 0.6) is 5.88 Å². The molecular formula is C32H40N8O4. The average Bonchev–Trinajstić information content (AvgIpc) is 3.51. The number of nitrogens with two attached hydrogens (primary N) is 1. The fourth-order valence-electron chi connectivity index (χ4n) is 4.46. The molecule has 0 fully saturated rings. The van der Waals surface area contributed by atoms with Gasteiger partial charge in [-0.15, -0.1) is 0 Å². The van der Waals surface area contributed by atoms with Crippen molar-refractivity contribution in [3.05, 3.63) is 77.1 Å². The number of H-pyrrole nitrogens is 1. The number of imidazole rings is 1. The van der Waals surface area contributed by atoms with Gasteiger partial charge in [0.25, 0.3) is 5.91 Å². The lowest BCUT2D eigenvalue weighted by atomic mass is 10.1. The monoisotopic (exact) mass is 600 g/mol. The van der Waals surface area contributed by atoms with Gasteiger partial charge in [0.05, 0.1) is 6.33 Å². The molecular weight excluding hydrogens is 560 g/mol. The number of amides is 3. The lowest BCUT2D eigenvalue weighted by molar-refractivity contribution is -0.122. The normalized spacial score (nSPS) is 10.8. The van der Waals surface area contributed by atoms with Crippen molar-refractivity contribution in [2.75, 3.05) is 12.3 Å². The Kier molecular flexibility index (Phi) is 12.0.